The molecule has 0 radical (unpaired) electrons. The van der Waals surface area contributed by atoms with Crippen LogP contribution in [0.15, 0.2) is 29.2 Å². The van der Waals surface area contributed by atoms with E-state index in [4.69, 9.17) is 0 Å². The van der Waals surface area contributed by atoms with E-state index in [1.54, 1.807) is 30.2 Å². The predicted octanol–water partition coefficient (Wildman–Crippen LogP) is 0.222. The van der Waals surface area contributed by atoms with Crippen molar-refractivity contribution in [2.45, 2.75) is 31.9 Å². The van der Waals surface area contributed by atoms with Crippen LogP contribution >= 0.6 is 0 Å². The van der Waals surface area contributed by atoms with Crippen molar-refractivity contribution in [1.29, 1.82) is 0 Å². The summed E-state index contributed by atoms with van der Waals surface area (Å²) >= 11 is 0. The lowest BCUT2D eigenvalue weighted by Gasteiger charge is -2.19. The molecule has 1 amide bonds. The molecule has 1 N–H and O–H groups in total. The van der Waals surface area contributed by atoms with Crippen molar-refractivity contribution in [3.63, 3.8) is 0 Å². The Morgan fingerprint density at radius 1 is 1.50 bits per heavy atom. The molecule has 0 bridgehead atoms. The first-order valence-electron chi connectivity index (χ1n) is 6.14. The summed E-state index contributed by atoms with van der Waals surface area (Å²) in [4.78, 5) is 25.0. The monoisotopic (exact) mass is 250 g/mol. The Morgan fingerprint density at radius 3 is 2.89 bits per heavy atom. The number of rotatable bonds is 3. The lowest BCUT2D eigenvalue weighted by atomic mass is 10.1. The molecule has 1 aliphatic heterocycles. The summed E-state index contributed by atoms with van der Waals surface area (Å²) in [7, 11) is 0. The van der Waals surface area contributed by atoms with Gasteiger partial charge in [-0.05, 0) is 19.4 Å². The Morgan fingerprint density at radius 2 is 2.28 bits per heavy atom. The van der Waals surface area contributed by atoms with Gasteiger partial charge in [-0.15, -0.1) is 0 Å². The zero-order chi connectivity index (χ0) is 13.2. The third-order valence-electron chi connectivity index (χ3n) is 3.27. The lowest BCUT2D eigenvalue weighted by molar-refractivity contribution is -0.131. The number of nitrogens with zero attached hydrogens (tertiary/aromatic N) is 2. The van der Waals surface area contributed by atoms with Crippen LogP contribution in [0.25, 0.3) is 0 Å². The zero-order valence-electron chi connectivity index (χ0n) is 10.5. The Labute approximate surface area is 106 Å². The smallest absolute Gasteiger partial charge is 0.250 e. The van der Waals surface area contributed by atoms with Crippen LogP contribution in [0.1, 0.15) is 19.8 Å². The first kappa shape index (κ1) is 12.8. The summed E-state index contributed by atoms with van der Waals surface area (Å²) < 4.78 is 1.52. The van der Waals surface area contributed by atoms with E-state index in [1.165, 1.54) is 10.6 Å². The van der Waals surface area contributed by atoms with E-state index < -0.39 is 5.60 Å². The summed E-state index contributed by atoms with van der Waals surface area (Å²) in [6.07, 6.45) is 2.58. The second-order valence-corrected chi connectivity index (χ2v) is 5.04. The van der Waals surface area contributed by atoms with Gasteiger partial charge in [0.15, 0.2) is 0 Å². The van der Waals surface area contributed by atoms with Crippen LogP contribution in [-0.4, -0.2) is 39.2 Å². The molecule has 1 atom stereocenters. The maximum absolute atomic E-state index is 11.9. The topological polar surface area (TPSA) is 62.5 Å². The van der Waals surface area contributed by atoms with E-state index >= 15 is 0 Å². The van der Waals surface area contributed by atoms with Gasteiger partial charge in [-0.3, -0.25) is 9.59 Å². The molecule has 1 aliphatic rings. The minimum Gasteiger partial charge on any atom is -0.388 e. The SMILES string of the molecule is CC1(O)CCN(C(=O)CCn2ccccc2=O)C1. The fourth-order valence-corrected chi connectivity index (χ4v) is 2.18. The average molecular weight is 250 g/mol. The Bertz CT molecular complexity index is 493. The van der Waals surface area contributed by atoms with Gasteiger partial charge in [-0.2, -0.15) is 0 Å². The van der Waals surface area contributed by atoms with Gasteiger partial charge in [0.25, 0.3) is 5.56 Å². The summed E-state index contributed by atoms with van der Waals surface area (Å²) in [6.45, 7) is 3.10. The van der Waals surface area contributed by atoms with Crippen molar-refractivity contribution in [1.82, 2.24) is 9.47 Å². The molecule has 2 heterocycles. The van der Waals surface area contributed by atoms with Crippen LogP contribution in [0.3, 0.4) is 0 Å². The van der Waals surface area contributed by atoms with Crippen molar-refractivity contribution in [3.8, 4) is 0 Å². The maximum atomic E-state index is 11.9. The number of aromatic nitrogens is 1. The highest BCUT2D eigenvalue weighted by molar-refractivity contribution is 5.76. The zero-order valence-corrected chi connectivity index (χ0v) is 10.5. The number of hydrogen-bond donors (Lipinski definition) is 1. The molecule has 0 spiro atoms. The molecule has 5 nitrogen and oxygen atoms in total. The molecule has 0 aliphatic carbocycles. The fraction of sp³-hybridized carbons (Fsp3) is 0.538. The number of carbonyl (C=O) groups is 1. The largest absolute Gasteiger partial charge is 0.388 e. The molecular weight excluding hydrogens is 232 g/mol. The Balaban J connectivity index is 1.90. The van der Waals surface area contributed by atoms with Crippen LogP contribution in [0.4, 0.5) is 0 Å². The third-order valence-corrected chi connectivity index (χ3v) is 3.27. The predicted molar refractivity (Wildman–Crippen MR) is 67.1 cm³/mol. The van der Waals surface area contributed by atoms with Gasteiger partial charge in [-0.25, -0.2) is 0 Å². The van der Waals surface area contributed by atoms with E-state index in [9.17, 15) is 14.7 Å². The Hall–Kier alpha value is -1.62. The number of amides is 1. The highest BCUT2D eigenvalue weighted by Gasteiger charge is 2.33. The van der Waals surface area contributed by atoms with Gasteiger partial charge in [0, 0.05) is 38.3 Å². The highest BCUT2D eigenvalue weighted by Crippen LogP contribution is 2.20. The highest BCUT2D eigenvalue weighted by atomic mass is 16.3. The van der Waals surface area contributed by atoms with E-state index in [1.807, 2.05) is 0 Å². The van der Waals surface area contributed by atoms with Crippen LogP contribution in [0.5, 0.6) is 0 Å². The number of β-amino-alcohol motifs (C(OH)–C–C–N with tert-alkyl or cyclic N) is 1. The average Bonchev–Trinajstić information content (AvgIpc) is 2.68. The summed E-state index contributed by atoms with van der Waals surface area (Å²) in [5.74, 6) is -0.0106. The molecular formula is C13H18N2O3. The standard InChI is InChI=1S/C13H18N2O3/c1-13(18)6-9-15(10-13)12(17)5-8-14-7-3-2-4-11(14)16/h2-4,7,18H,5-6,8-10H2,1H3. The number of aryl methyl sites for hydroxylation is 1. The summed E-state index contributed by atoms with van der Waals surface area (Å²) in [6, 6.07) is 4.93. The molecule has 1 fully saturated rings. The van der Waals surface area contributed by atoms with Crippen molar-refractivity contribution in [3.05, 3.63) is 34.7 Å². The van der Waals surface area contributed by atoms with Crippen LogP contribution in [0, 0.1) is 0 Å². The van der Waals surface area contributed by atoms with Crippen molar-refractivity contribution < 1.29 is 9.90 Å². The van der Waals surface area contributed by atoms with Gasteiger partial charge >= 0.3 is 0 Å². The quantitative estimate of drug-likeness (QED) is 0.835. The van der Waals surface area contributed by atoms with Gasteiger partial charge in [0.05, 0.1) is 5.60 Å². The van der Waals surface area contributed by atoms with Gasteiger partial charge < -0.3 is 14.6 Å². The molecule has 1 saturated heterocycles. The van der Waals surface area contributed by atoms with E-state index in [0.29, 0.717) is 32.5 Å². The first-order valence-corrected chi connectivity index (χ1v) is 6.14. The normalized spacial score (nSPS) is 23.3. The molecule has 0 saturated carbocycles. The molecule has 5 heteroatoms. The molecule has 98 valence electrons. The Kier molecular flexibility index (Phi) is 3.52. The fourth-order valence-electron chi connectivity index (χ4n) is 2.18. The molecule has 1 unspecified atom stereocenters. The molecule has 0 aromatic carbocycles. The molecule has 1 aromatic heterocycles. The second kappa shape index (κ2) is 4.94. The molecule has 1 aromatic rings. The second-order valence-electron chi connectivity index (χ2n) is 5.04. The van der Waals surface area contributed by atoms with E-state index in [0.717, 1.165) is 0 Å². The minimum atomic E-state index is -0.765. The third kappa shape index (κ3) is 2.98. The summed E-state index contributed by atoms with van der Waals surface area (Å²) in [5.41, 5.74) is -0.863. The van der Waals surface area contributed by atoms with Crippen molar-refractivity contribution in [2.24, 2.45) is 0 Å². The van der Waals surface area contributed by atoms with Crippen molar-refractivity contribution >= 4 is 5.91 Å². The van der Waals surface area contributed by atoms with Gasteiger partial charge in [0.2, 0.25) is 5.91 Å². The van der Waals surface area contributed by atoms with Crippen LogP contribution in [0.2, 0.25) is 0 Å². The molecule has 2 rings (SSSR count). The summed E-state index contributed by atoms with van der Waals surface area (Å²) in [5, 5.41) is 9.79. The first-order chi connectivity index (χ1) is 8.48. The number of carbonyl (C=O) groups excluding carboxylic acids is 1. The number of pyridine rings is 1. The minimum absolute atomic E-state index is 0.0106. The van der Waals surface area contributed by atoms with Gasteiger partial charge in [0.1, 0.15) is 0 Å². The molecule has 18 heavy (non-hydrogen) atoms. The van der Waals surface area contributed by atoms with E-state index in [-0.39, 0.29) is 11.5 Å². The van der Waals surface area contributed by atoms with Crippen LogP contribution < -0.4 is 5.56 Å². The number of hydrogen-bond acceptors (Lipinski definition) is 3. The number of likely N-dealkylation sites (tertiary alicyclic amines) is 1. The maximum Gasteiger partial charge on any atom is 0.250 e. The number of aliphatic hydroxyl groups is 1. The van der Waals surface area contributed by atoms with E-state index in [2.05, 4.69) is 0 Å². The van der Waals surface area contributed by atoms with Crippen molar-refractivity contribution in [2.75, 3.05) is 13.1 Å². The van der Waals surface area contributed by atoms with Crippen LogP contribution in [-0.2, 0) is 11.3 Å². The lowest BCUT2D eigenvalue weighted by Crippen LogP contribution is -2.34. The van der Waals surface area contributed by atoms with Gasteiger partial charge in [-0.1, -0.05) is 6.07 Å².